The van der Waals surface area contributed by atoms with Gasteiger partial charge in [0.2, 0.25) is 0 Å². The maximum atomic E-state index is 12.7. The molecule has 0 N–H and O–H groups in total. The van der Waals surface area contributed by atoms with Crippen molar-refractivity contribution in [3.8, 4) is 0 Å². The second-order valence-electron chi connectivity index (χ2n) is 17.7. The van der Waals surface area contributed by atoms with Crippen molar-refractivity contribution in [2.45, 2.75) is 266 Å². The molecule has 0 radical (unpaired) electrons. The van der Waals surface area contributed by atoms with E-state index in [1.165, 1.54) is 141 Å². The Morgan fingerprint density at radius 3 is 0.945 bits per heavy atom. The van der Waals surface area contributed by atoms with Gasteiger partial charge >= 0.3 is 17.9 Å². The van der Waals surface area contributed by atoms with Crippen molar-refractivity contribution in [1.82, 2.24) is 0 Å². The van der Waals surface area contributed by atoms with Crippen LogP contribution in [0.5, 0.6) is 0 Å². The van der Waals surface area contributed by atoms with Crippen LogP contribution in [0.1, 0.15) is 260 Å². The van der Waals surface area contributed by atoms with Crippen LogP contribution in [0.2, 0.25) is 0 Å². The van der Waals surface area contributed by atoms with Gasteiger partial charge in [0.25, 0.3) is 0 Å². The van der Waals surface area contributed by atoms with Gasteiger partial charge in [-0.3, -0.25) is 14.4 Å². The maximum Gasteiger partial charge on any atom is 0.306 e. The fourth-order valence-corrected chi connectivity index (χ4v) is 7.17. The van der Waals surface area contributed by atoms with Crippen molar-refractivity contribution < 1.29 is 28.6 Å². The lowest BCUT2D eigenvalue weighted by Crippen LogP contribution is -2.30. The van der Waals surface area contributed by atoms with Gasteiger partial charge in [-0.25, -0.2) is 0 Å². The van der Waals surface area contributed by atoms with E-state index in [0.717, 1.165) is 75.5 Å². The van der Waals surface area contributed by atoms with Crippen LogP contribution in [-0.4, -0.2) is 37.2 Å². The molecule has 2 unspecified atom stereocenters. The Balaban J connectivity index is 4.36. The Morgan fingerprint density at radius 2 is 0.636 bits per heavy atom. The molecule has 0 amide bonds. The zero-order valence-corrected chi connectivity index (χ0v) is 37.7. The molecule has 326 valence electrons. The Bertz CT molecular complexity index is 856. The first-order chi connectivity index (χ1) is 26.7. The molecule has 0 spiro atoms. The summed E-state index contributed by atoms with van der Waals surface area (Å²) in [6.45, 7) is 13.7. The van der Waals surface area contributed by atoms with E-state index in [2.05, 4.69) is 41.5 Å². The molecule has 3 atom stereocenters. The highest BCUT2D eigenvalue weighted by Gasteiger charge is 2.19. The molecule has 0 bridgehead atoms. The van der Waals surface area contributed by atoms with Gasteiger partial charge in [0.1, 0.15) is 13.2 Å². The summed E-state index contributed by atoms with van der Waals surface area (Å²) in [6.07, 6.45) is 37.9. The molecule has 6 heteroatoms. The van der Waals surface area contributed by atoms with E-state index in [9.17, 15) is 14.4 Å². The van der Waals surface area contributed by atoms with Crippen LogP contribution in [0.25, 0.3) is 0 Å². The van der Waals surface area contributed by atoms with Gasteiger partial charge in [-0.2, -0.15) is 0 Å². The number of ether oxygens (including phenoxy) is 3. The number of esters is 3. The highest BCUT2D eigenvalue weighted by atomic mass is 16.6. The average molecular weight is 779 g/mol. The molecule has 0 aliphatic carbocycles. The number of hydrogen-bond donors (Lipinski definition) is 0. The summed E-state index contributed by atoms with van der Waals surface area (Å²) in [7, 11) is 0. The van der Waals surface area contributed by atoms with Crippen molar-refractivity contribution in [2.24, 2.45) is 17.8 Å². The van der Waals surface area contributed by atoms with Gasteiger partial charge in [0, 0.05) is 19.3 Å². The molecule has 0 aliphatic rings. The minimum absolute atomic E-state index is 0.0661. The molecule has 0 aliphatic heterocycles. The second-order valence-corrected chi connectivity index (χ2v) is 17.7. The Hall–Kier alpha value is -1.59. The summed E-state index contributed by atoms with van der Waals surface area (Å²) >= 11 is 0. The van der Waals surface area contributed by atoms with E-state index in [0.29, 0.717) is 19.3 Å². The summed E-state index contributed by atoms with van der Waals surface area (Å²) in [5, 5.41) is 0. The SMILES string of the molecule is CCC(C)CCCCCCCCCCC(=O)OC[C@@H](COC(=O)CCCCCCCCCCCCC(C)C)OC(=O)CCCCCCCCCCC(C)CC. The summed E-state index contributed by atoms with van der Waals surface area (Å²) in [6, 6.07) is 0. The maximum absolute atomic E-state index is 12.7. The number of carbonyl (C=O) groups excluding carboxylic acids is 3. The van der Waals surface area contributed by atoms with Gasteiger partial charge < -0.3 is 14.2 Å². The van der Waals surface area contributed by atoms with E-state index in [1.807, 2.05) is 0 Å². The van der Waals surface area contributed by atoms with E-state index in [1.54, 1.807) is 0 Å². The van der Waals surface area contributed by atoms with Gasteiger partial charge in [0.15, 0.2) is 6.10 Å². The molecule has 0 fully saturated rings. The molecule has 0 heterocycles. The van der Waals surface area contributed by atoms with E-state index >= 15 is 0 Å². The first kappa shape index (κ1) is 53.4. The summed E-state index contributed by atoms with van der Waals surface area (Å²) < 4.78 is 16.8. The third-order valence-corrected chi connectivity index (χ3v) is 11.6. The average Bonchev–Trinajstić information content (AvgIpc) is 3.17. The van der Waals surface area contributed by atoms with Crippen molar-refractivity contribution >= 4 is 17.9 Å². The first-order valence-electron chi connectivity index (χ1n) is 24.2. The largest absolute Gasteiger partial charge is 0.462 e. The van der Waals surface area contributed by atoms with Crippen LogP contribution in [0.3, 0.4) is 0 Å². The monoisotopic (exact) mass is 779 g/mol. The van der Waals surface area contributed by atoms with Gasteiger partial charge in [-0.05, 0) is 37.0 Å². The van der Waals surface area contributed by atoms with E-state index < -0.39 is 6.10 Å². The molecule has 0 aromatic heterocycles. The van der Waals surface area contributed by atoms with Crippen molar-refractivity contribution in [3.05, 3.63) is 0 Å². The van der Waals surface area contributed by atoms with Crippen molar-refractivity contribution in [3.63, 3.8) is 0 Å². The highest BCUT2D eigenvalue weighted by molar-refractivity contribution is 5.71. The van der Waals surface area contributed by atoms with Crippen molar-refractivity contribution in [2.75, 3.05) is 13.2 Å². The zero-order chi connectivity index (χ0) is 40.6. The number of hydrogen-bond acceptors (Lipinski definition) is 6. The van der Waals surface area contributed by atoms with Crippen LogP contribution < -0.4 is 0 Å². The smallest absolute Gasteiger partial charge is 0.306 e. The first-order valence-corrected chi connectivity index (χ1v) is 24.2. The van der Waals surface area contributed by atoms with Crippen LogP contribution >= 0.6 is 0 Å². The Morgan fingerprint density at radius 1 is 0.364 bits per heavy atom. The third kappa shape index (κ3) is 40.4. The number of rotatable bonds is 42. The Kier molecular flexibility index (Phi) is 39.4. The minimum Gasteiger partial charge on any atom is -0.462 e. The van der Waals surface area contributed by atoms with E-state index in [4.69, 9.17) is 14.2 Å². The minimum atomic E-state index is -0.762. The third-order valence-electron chi connectivity index (χ3n) is 11.6. The van der Waals surface area contributed by atoms with Gasteiger partial charge in [0.05, 0.1) is 0 Å². The molecule has 6 nitrogen and oxygen atoms in total. The topological polar surface area (TPSA) is 78.9 Å². The van der Waals surface area contributed by atoms with Crippen LogP contribution in [0.15, 0.2) is 0 Å². The lowest BCUT2D eigenvalue weighted by atomic mass is 9.99. The lowest BCUT2D eigenvalue weighted by molar-refractivity contribution is -0.167. The standard InChI is InChI=1S/C49H94O6/c1-7-44(5)36-30-24-18-13-15-21-27-33-39-48(51)54-42-46(55-49(52)40-34-28-22-16-14-19-25-31-37-45(6)8-2)41-53-47(50)38-32-26-20-12-10-9-11-17-23-29-35-43(3)4/h43-46H,7-42H2,1-6H3/t44?,45?,46-/m1/s1. The molecule has 0 saturated heterocycles. The molecule has 0 rings (SSSR count). The lowest BCUT2D eigenvalue weighted by Gasteiger charge is -2.18. The van der Waals surface area contributed by atoms with Crippen LogP contribution in [0.4, 0.5) is 0 Å². The molecular formula is C49H94O6. The van der Waals surface area contributed by atoms with Crippen LogP contribution in [0, 0.1) is 17.8 Å². The number of unbranched alkanes of at least 4 members (excludes halogenated alkanes) is 23. The van der Waals surface area contributed by atoms with Crippen LogP contribution in [-0.2, 0) is 28.6 Å². The van der Waals surface area contributed by atoms with E-state index in [-0.39, 0.29) is 31.1 Å². The quantitative estimate of drug-likeness (QED) is 0.0349. The molecule has 0 saturated carbocycles. The highest BCUT2D eigenvalue weighted by Crippen LogP contribution is 2.18. The van der Waals surface area contributed by atoms with Gasteiger partial charge in [-0.1, -0.05) is 221 Å². The summed E-state index contributed by atoms with van der Waals surface area (Å²) in [5.74, 6) is 1.65. The fraction of sp³-hybridized carbons (Fsp3) is 0.939. The second kappa shape index (κ2) is 40.6. The predicted octanol–water partition coefficient (Wildman–Crippen LogP) is 15.2. The summed E-state index contributed by atoms with van der Waals surface area (Å²) in [5.41, 5.74) is 0. The fourth-order valence-electron chi connectivity index (χ4n) is 7.17. The number of carbonyl (C=O) groups is 3. The van der Waals surface area contributed by atoms with Crippen molar-refractivity contribution in [1.29, 1.82) is 0 Å². The molecule has 55 heavy (non-hydrogen) atoms. The predicted molar refractivity (Wildman–Crippen MR) is 233 cm³/mol. The van der Waals surface area contributed by atoms with Gasteiger partial charge in [-0.15, -0.1) is 0 Å². The Labute approximate surface area is 342 Å². The molecule has 0 aromatic rings. The zero-order valence-electron chi connectivity index (χ0n) is 37.7. The normalized spacial score (nSPS) is 13.1. The molecular weight excluding hydrogens is 685 g/mol. The summed E-state index contributed by atoms with van der Waals surface area (Å²) in [4.78, 5) is 37.8. The molecule has 0 aromatic carbocycles.